The predicted octanol–water partition coefficient (Wildman–Crippen LogP) is -0.133. The highest BCUT2D eigenvalue weighted by Crippen LogP contribution is 2.50. The van der Waals surface area contributed by atoms with Crippen molar-refractivity contribution in [3.63, 3.8) is 0 Å². The van der Waals surface area contributed by atoms with Crippen LogP contribution in [0.2, 0.25) is 0 Å². The van der Waals surface area contributed by atoms with E-state index in [1.165, 1.54) is 7.57 Å². The smallest absolute Gasteiger partial charge is 0.270 e. The van der Waals surface area contributed by atoms with Crippen LogP contribution in [0.5, 0.6) is 0 Å². The van der Waals surface area contributed by atoms with Crippen molar-refractivity contribution >= 4 is 22.9 Å². The van der Waals surface area contributed by atoms with Crippen molar-refractivity contribution in [1.29, 1.82) is 0 Å². The maximum Gasteiger partial charge on any atom is 0.270 e. The van der Waals surface area contributed by atoms with E-state index in [-0.39, 0.29) is 19.1 Å². The van der Waals surface area contributed by atoms with Crippen molar-refractivity contribution in [1.82, 2.24) is 0 Å². The summed E-state index contributed by atoms with van der Waals surface area (Å²) in [6.07, 6.45) is -0.477. The summed E-state index contributed by atoms with van der Waals surface area (Å²) in [4.78, 5) is 0. The van der Waals surface area contributed by atoms with E-state index < -0.39 is 25.3 Å². The molecule has 2 aliphatic heterocycles. The largest absolute Gasteiger partial charge is 0.375 e. The highest BCUT2D eigenvalue weighted by molar-refractivity contribution is 7.79. The Bertz CT molecular complexity index is 331. The fourth-order valence-electron chi connectivity index (χ4n) is 2.41. The van der Waals surface area contributed by atoms with Crippen molar-refractivity contribution < 1.29 is 22.7 Å². The summed E-state index contributed by atoms with van der Waals surface area (Å²) >= 11 is 0. The Balaban J connectivity index is 2.17. The number of alkyl halides is 1. The van der Waals surface area contributed by atoms with Gasteiger partial charge in [0.15, 0.2) is 0 Å². The molecular formula is C8H16B2FO4P. The standard InChI is InChI=1S/C8H16B2FO4P/c1-5-6(11)7(9)15-8(5)2-3-13-16(10,12)14-4-8/h5-7H,2-4,9-10H2,1H3/t5-,6?,7-,8-,16?/m1/s1. The SMILES string of the molecule is B[C@@H]1O[C@@]2(CCOP(B)(=O)OC2)[C@H](C)C1F. The average molecular weight is 248 g/mol. The van der Waals surface area contributed by atoms with Gasteiger partial charge in [0.25, 0.3) is 15.0 Å². The minimum atomic E-state index is -2.98. The molecule has 90 valence electrons. The average Bonchev–Trinajstić information content (AvgIpc) is 2.37. The van der Waals surface area contributed by atoms with Crippen LogP contribution < -0.4 is 0 Å². The van der Waals surface area contributed by atoms with Crippen molar-refractivity contribution in [3.8, 4) is 0 Å². The van der Waals surface area contributed by atoms with E-state index in [9.17, 15) is 8.96 Å². The van der Waals surface area contributed by atoms with Gasteiger partial charge in [-0.15, -0.1) is 0 Å². The quantitative estimate of drug-likeness (QED) is 0.442. The van der Waals surface area contributed by atoms with E-state index in [1.54, 1.807) is 7.85 Å². The fraction of sp³-hybridized carbons (Fsp3) is 1.00. The minimum absolute atomic E-state index is 0.146. The predicted molar refractivity (Wildman–Crippen MR) is 62.9 cm³/mol. The van der Waals surface area contributed by atoms with Crippen LogP contribution in [0.25, 0.3) is 0 Å². The Morgan fingerprint density at radius 1 is 1.50 bits per heavy atom. The first kappa shape index (κ1) is 12.6. The van der Waals surface area contributed by atoms with E-state index in [0.29, 0.717) is 6.42 Å². The molecule has 2 rings (SSSR count). The Morgan fingerprint density at radius 2 is 2.19 bits per heavy atom. The third-order valence-corrected chi connectivity index (χ3v) is 4.82. The lowest BCUT2D eigenvalue weighted by atomic mass is 9.82. The third kappa shape index (κ3) is 2.10. The van der Waals surface area contributed by atoms with Gasteiger partial charge in [-0.3, -0.25) is 4.57 Å². The molecule has 8 heteroatoms. The topological polar surface area (TPSA) is 44.8 Å². The van der Waals surface area contributed by atoms with Crippen molar-refractivity contribution in [2.24, 2.45) is 5.92 Å². The van der Waals surface area contributed by atoms with Crippen molar-refractivity contribution in [2.45, 2.75) is 31.1 Å². The Labute approximate surface area is 96.5 Å². The number of hydrogen-bond acceptors (Lipinski definition) is 4. The molecule has 2 fully saturated rings. The molecule has 2 heterocycles. The summed E-state index contributed by atoms with van der Waals surface area (Å²) in [7, 11) is 0.171. The molecule has 0 radical (unpaired) electrons. The molecular weight excluding hydrogens is 232 g/mol. The molecule has 0 aliphatic carbocycles. The molecule has 0 saturated carbocycles. The molecule has 5 atom stereocenters. The van der Waals surface area contributed by atoms with Crippen LogP contribution in [-0.2, 0) is 18.3 Å². The minimum Gasteiger partial charge on any atom is -0.375 e. The molecule has 2 aliphatic rings. The van der Waals surface area contributed by atoms with Crippen molar-refractivity contribution in [2.75, 3.05) is 13.2 Å². The monoisotopic (exact) mass is 248 g/mol. The number of ether oxygens (including phenoxy) is 1. The zero-order chi connectivity index (χ0) is 12.0. The van der Waals surface area contributed by atoms with Gasteiger partial charge >= 0.3 is 0 Å². The third-order valence-electron chi connectivity index (χ3n) is 3.57. The van der Waals surface area contributed by atoms with Gasteiger partial charge in [0, 0.05) is 12.3 Å². The fourth-order valence-corrected chi connectivity index (χ4v) is 3.36. The first-order valence-electron chi connectivity index (χ1n) is 5.55. The second kappa shape index (κ2) is 4.13. The summed E-state index contributed by atoms with van der Waals surface area (Å²) in [5.74, 6) is -0.260. The van der Waals surface area contributed by atoms with Gasteiger partial charge in [0.1, 0.15) is 14.0 Å². The first-order chi connectivity index (χ1) is 7.36. The van der Waals surface area contributed by atoms with E-state index in [0.717, 1.165) is 0 Å². The van der Waals surface area contributed by atoms with Gasteiger partial charge in [-0.05, 0) is 0 Å². The molecule has 2 unspecified atom stereocenters. The zero-order valence-corrected chi connectivity index (χ0v) is 10.7. The van der Waals surface area contributed by atoms with E-state index in [4.69, 9.17) is 13.8 Å². The van der Waals surface area contributed by atoms with Crippen LogP contribution in [0, 0.1) is 5.92 Å². The van der Waals surface area contributed by atoms with Gasteiger partial charge in [-0.25, -0.2) is 4.39 Å². The lowest BCUT2D eigenvalue weighted by Gasteiger charge is -2.30. The maximum absolute atomic E-state index is 13.8. The lowest BCUT2D eigenvalue weighted by Crippen LogP contribution is -2.40. The Morgan fingerprint density at radius 3 is 2.75 bits per heavy atom. The highest BCUT2D eigenvalue weighted by atomic mass is 31.2. The van der Waals surface area contributed by atoms with E-state index in [2.05, 4.69) is 0 Å². The van der Waals surface area contributed by atoms with Gasteiger partial charge in [0.05, 0.1) is 24.8 Å². The summed E-state index contributed by atoms with van der Waals surface area (Å²) in [6, 6.07) is -0.437. The molecule has 1 spiro atoms. The lowest BCUT2D eigenvalue weighted by molar-refractivity contribution is -0.0625. The summed E-state index contributed by atoms with van der Waals surface area (Å²) in [5.41, 5.74) is -0.680. The van der Waals surface area contributed by atoms with Crippen LogP contribution in [-0.4, -0.2) is 46.4 Å². The van der Waals surface area contributed by atoms with Gasteiger partial charge < -0.3 is 13.8 Å². The molecule has 2 saturated heterocycles. The summed E-state index contributed by atoms with van der Waals surface area (Å²) in [6.45, 7) is 2.24. The van der Waals surface area contributed by atoms with E-state index >= 15 is 0 Å². The van der Waals surface area contributed by atoms with Gasteiger partial charge in [-0.2, -0.15) is 0 Å². The van der Waals surface area contributed by atoms with Gasteiger partial charge in [0.2, 0.25) is 0 Å². The normalized spacial score (nSPS) is 54.0. The summed E-state index contributed by atoms with van der Waals surface area (Å²) in [5, 5.41) is 0. The Kier molecular flexibility index (Phi) is 3.26. The van der Waals surface area contributed by atoms with Crippen LogP contribution in [0.1, 0.15) is 13.3 Å². The molecule has 0 bridgehead atoms. The molecule has 0 amide bonds. The van der Waals surface area contributed by atoms with Crippen LogP contribution in [0.15, 0.2) is 0 Å². The number of halogens is 1. The molecule has 0 aromatic carbocycles. The maximum atomic E-state index is 13.8. The molecule has 16 heavy (non-hydrogen) atoms. The molecule has 0 aromatic rings. The molecule has 0 N–H and O–H groups in total. The number of rotatable bonds is 0. The van der Waals surface area contributed by atoms with Crippen molar-refractivity contribution in [3.05, 3.63) is 0 Å². The number of hydrogen-bond donors (Lipinski definition) is 0. The second-order valence-electron chi connectivity index (χ2n) is 4.75. The van der Waals surface area contributed by atoms with Crippen LogP contribution >= 0.6 is 7.47 Å². The van der Waals surface area contributed by atoms with Crippen LogP contribution in [0.3, 0.4) is 0 Å². The van der Waals surface area contributed by atoms with E-state index in [1.807, 2.05) is 6.92 Å². The van der Waals surface area contributed by atoms with Gasteiger partial charge in [-0.1, -0.05) is 6.92 Å². The second-order valence-corrected chi connectivity index (χ2v) is 6.81. The molecule has 4 nitrogen and oxygen atoms in total. The first-order valence-corrected chi connectivity index (χ1v) is 7.54. The Hall–Kier alpha value is 0.170. The van der Waals surface area contributed by atoms with Crippen LogP contribution in [0.4, 0.5) is 4.39 Å². The highest BCUT2D eigenvalue weighted by Gasteiger charge is 2.53. The summed E-state index contributed by atoms with van der Waals surface area (Å²) < 4.78 is 41.5. The zero-order valence-electron chi connectivity index (χ0n) is 9.81. The molecule has 0 aromatic heterocycles.